The van der Waals surface area contributed by atoms with Crippen LogP contribution in [0.25, 0.3) is 0 Å². The molecule has 0 amide bonds. The molecule has 2 atom stereocenters. The number of carbonyl (C=O) groups is 1. The summed E-state index contributed by atoms with van der Waals surface area (Å²) >= 11 is 12.7. The second-order valence-corrected chi connectivity index (χ2v) is 8.03. The highest BCUT2D eigenvalue weighted by Gasteiger charge is 2.34. The molecule has 8 heteroatoms. The number of rotatable bonds is 7. The van der Waals surface area contributed by atoms with Crippen LogP contribution >= 0.6 is 23.2 Å². The van der Waals surface area contributed by atoms with E-state index in [0.29, 0.717) is 40.3 Å². The van der Waals surface area contributed by atoms with Crippen molar-refractivity contribution in [1.29, 1.82) is 0 Å². The largest absolute Gasteiger partial charge is 0.496 e. The Morgan fingerprint density at radius 2 is 1.70 bits per heavy atom. The first-order valence-electron chi connectivity index (χ1n) is 9.61. The zero-order chi connectivity index (χ0) is 21.8. The van der Waals surface area contributed by atoms with Crippen molar-refractivity contribution < 1.29 is 24.1 Å². The van der Waals surface area contributed by atoms with E-state index >= 15 is 0 Å². The van der Waals surface area contributed by atoms with Crippen LogP contribution in [-0.4, -0.2) is 50.4 Å². The van der Waals surface area contributed by atoms with Crippen molar-refractivity contribution in [1.82, 2.24) is 4.90 Å². The first-order chi connectivity index (χ1) is 14.4. The maximum Gasteiger partial charge on any atom is 0.307 e. The third-order valence-corrected chi connectivity index (χ3v) is 6.02. The summed E-state index contributed by atoms with van der Waals surface area (Å²) in [7, 11) is 4.72. The van der Waals surface area contributed by atoms with Crippen LogP contribution in [0.1, 0.15) is 30.0 Å². The van der Waals surface area contributed by atoms with Gasteiger partial charge in [0.2, 0.25) is 0 Å². The Balaban J connectivity index is 2.18. The number of aliphatic carboxylic acids is 1. The van der Waals surface area contributed by atoms with Crippen LogP contribution in [0.3, 0.4) is 0 Å². The van der Waals surface area contributed by atoms with E-state index in [9.17, 15) is 9.90 Å². The fourth-order valence-corrected chi connectivity index (χ4v) is 4.51. The van der Waals surface area contributed by atoms with Crippen LogP contribution in [-0.2, 0) is 4.79 Å². The van der Waals surface area contributed by atoms with Gasteiger partial charge in [-0.3, -0.25) is 9.69 Å². The van der Waals surface area contributed by atoms with Crippen molar-refractivity contribution in [3.05, 3.63) is 51.5 Å². The summed E-state index contributed by atoms with van der Waals surface area (Å²) in [6, 6.07) is 8.63. The first-order valence-corrected chi connectivity index (χ1v) is 10.4. The van der Waals surface area contributed by atoms with Crippen molar-refractivity contribution in [2.45, 2.75) is 18.9 Å². The summed E-state index contributed by atoms with van der Waals surface area (Å²) in [5.41, 5.74) is 1.63. The lowest BCUT2D eigenvalue weighted by Gasteiger charge is -2.38. The van der Waals surface area contributed by atoms with Crippen LogP contribution in [0.15, 0.2) is 30.3 Å². The van der Waals surface area contributed by atoms with Crippen LogP contribution in [0.2, 0.25) is 10.0 Å². The van der Waals surface area contributed by atoms with Gasteiger partial charge < -0.3 is 19.3 Å². The van der Waals surface area contributed by atoms with E-state index in [-0.39, 0.29) is 6.04 Å². The van der Waals surface area contributed by atoms with E-state index in [0.717, 1.165) is 24.1 Å². The van der Waals surface area contributed by atoms with E-state index in [4.69, 9.17) is 37.4 Å². The predicted octanol–water partition coefficient (Wildman–Crippen LogP) is 4.91. The highest BCUT2D eigenvalue weighted by molar-refractivity contribution is 6.35. The highest BCUT2D eigenvalue weighted by Crippen LogP contribution is 2.44. The smallest absolute Gasteiger partial charge is 0.307 e. The lowest BCUT2D eigenvalue weighted by atomic mass is 9.90. The second kappa shape index (κ2) is 9.77. The predicted molar refractivity (Wildman–Crippen MR) is 116 cm³/mol. The molecule has 1 aliphatic rings. The number of carboxylic acid groups (broad SMARTS) is 1. The number of nitrogens with zero attached hydrogens (tertiary/aromatic N) is 1. The van der Waals surface area contributed by atoms with E-state index in [1.54, 1.807) is 39.5 Å². The number of ether oxygens (including phenoxy) is 3. The minimum Gasteiger partial charge on any atom is -0.496 e. The van der Waals surface area contributed by atoms with Gasteiger partial charge in [0.05, 0.1) is 33.3 Å². The maximum absolute atomic E-state index is 11.7. The number of methoxy groups -OCH3 is 3. The molecule has 2 aromatic rings. The quantitative estimate of drug-likeness (QED) is 0.642. The fraction of sp³-hybridized carbons (Fsp3) is 0.409. The van der Waals surface area contributed by atoms with Crippen molar-refractivity contribution in [2.75, 3.05) is 34.4 Å². The van der Waals surface area contributed by atoms with Gasteiger partial charge in [-0.2, -0.15) is 0 Å². The normalized spacial score (nSPS) is 18.0. The maximum atomic E-state index is 11.7. The Bertz CT molecular complexity index is 921. The lowest BCUT2D eigenvalue weighted by Crippen LogP contribution is -2.41. The molecule has 2 unspecified atom stereocenters. The molecular weight excluding hydrogens is 429 g/mol. The zero-order valence-corrected chi connectivity index (χ0v) is 18.7. The molecular formula is C22H25Cl2NO5. The third-order valence-electron chi connectivity index (χ3n) is 5.45. The Kier molecular flexibility index (Phi) is 7.34. The van der Waals surface area contributed by atoms with E-state index in [1.165, 1.54) is 0 Å². The molecule has 1 fully saturated rings. The average molecular weight is 454 g/mol. The van der Waals surface area contributed by atoms with Gasteiger partial charge in [-0.25, -0.2) is 0 Å². The van der Waals surface area contributed by atoms with Gasteiger partial charge >= 0.3 is 5.97 Å². The zero-order valence-electron chi connectivity index (χ0n) is 17.2. The van der Waals surface area contributed by atoms with E-state index in [2.05, 4.69) is 4.90 Å². The van der Waals surface area contributed by atoms with Crippen molar-refractivity contribution in [3.63, 3.8) is 0 Å². The van der Waals surface area contributed by atoms with Gasteiger partial charge in [-0.1, -0.05) is 29.3 Å². The molecule has 30 heavy (non-hydrogen) atoms. The molecule has 2 aromatic carbocycles. The molecule has 1 heterocycles. The Morgan fingerprint density at radius 1 is 1.03 bits per heavy atom. The average Bonchev–Trinajstić information content (AvgIpc) is 2.75. The highest BCUT2D eigenvalue weighted by atomic mass is 35.5. The van der Waals surface area contributed by atoms with Gasteiger partial charge in [0.25, 0.3) is 0 Å². The van der Waals surface area contributed by atoms with Crippen LogP contribution in [0.4, 0.5) is 0 Å². The first kappa shape index (κ1) is 22.5. The van der Waals surface area contributed by atoms with Gasteiger partial charge in [-0.15, -0.1) is 0 Å². The number of benzene rings is 2. The molecule has 0 bridgehead atoms. The minimum absolute atomic E-state index is 0.341. The molecule has 1 aliphatic heterocycles. The van der Waals surface area contributed by atoms with Crippen LogP contribution in [0.5, 0.6) is 17.2 Å². The summed E-state index contributed by atoms with van der Waals surface area (Å²) in [4.78, 5) is 13.8. The molecule has 0 saturated carbocycles. The second-order valence-electron chi connectivity index (χ2n) is 7.19. The van der Waals surface area contributed by atoms with Gasteiger partial charge in [0.15, 0.2) is 11.5 Å². The third kappa shape index (κ3) is 4.61. The van der Waals surface area contributed by atoms with Gasteiger partial charge in [0, 0.05) is 28.2 Å². The van der Waals surface area contributed by atoms with Gasteiger partial charge in [0.1, 0.15) is 5.75 Å². The molecule has 0 spiro atoms. The monoisotopic (exact) mass is 453 g/mol. The minimum atomic E-state index is -0.792. The Labute approximate surface area is 186 Å². The van der Waals surface area contributed by atoms with E-state index < -0.39 is 11.9 Å². The lowest BCUT2D eigenvalue weighted by molar-refractivity contribution is -0.143. The Hall–Kier alpha value is -2.15. The van der Waals surface area contributed by atoms with E-state index in [1.807, 2.05) is 12.1 Å². The molecule has 162 valence electrons. The van der Waals surface area contributed by atoms with Crippen molar-refractivity contribution >= 4 is 29.2 Å². The van der Waals surface area contributed by atoms with Crippen molar-refractivity contribution in [3.8, 4) is 17.2 Å². The van der Waals surface area contributed by atoms with Crippen molar-refractivity contribution in [2.24, 2.45) is 5.92 Å². The standard InChI is InChI=1S/C22H25Cl2NO5/c1-28-18-11-20(30-3)19(29-2)10-16(18)21(15-7-6-14(23)9-17(15)24)25-8-4-5-13(12-25)22(26)27/h6-7,9-11,13,21H,4-5,8,12H2,1-3H3,(H,26,27). The van der Waals surface area contributed by atoms with Crippen LogP contribution < -0.4 is 14.2 Å². The molecule has 0 radical (unpaired) electrons. The summed E-state index contributed by atoms with van der Waals surface area (Å²) in [5, 5.41) is 10.6. The molecule has 1 N–H and O–H groups in total. The molecule has 1 saturated heterocycles. The number of hydrogen-bond acceptors (Lipinski definition) is 5. The van der Waals surface area contributed by atoms with Crippen LogP contribution in [0, 0.1) is 5.92 Å². The number of hydrogen-bond donors (Lipinski definition) is 1. The summed E-state index contributed by atoms with van der Waals surface area (Å²) in [6.07, 6.45) is 1.42. The Morgan fingerprint density at radius 3 is 2.30 bits per heavy atom. The number of halogens is 2. The number of carboxylic acids is 1. The van der Waals surface area contributed by atoms with Gasteiger partial charge in [-0.05, 0) is 43.1 Å². The topological polar surface area (TPSA) is 68.2 Å². The fourth-order valence-electron chi connectivity index (χ4n) is 3.99. The number of likely N-dealkylation sites (tertiary alicyclic amines) is 1. The summed E-state index contributed by atoms with van der Waals surface area (Å²) < 4.78 is 16.6. The molecule has 0 aliphatic carbocycles. The summed E-state index contributed by atoms with van der Waals surface area (Å²) in [6.45, 7) is 1.13. The SMILES string of the molecule is COc1cc(OC)c(C(c2ccc(Cl)cc2Cl)N2CCCC(C(=O)O)C2)cc1OC. The summed E-state index contributed by atoms with van der Waals surface area (Å²) in [5.74, 6) is 0.454. The molecule has 0 aromatic heterocycles. The molecule has 3 rings (SSSR count). The molecule has 6 nitrogen and oxygen atoms in total. The number of piperidine rings is 1.